The van der Waals surface area contributed by atoms with Crippen LogP contribution in [-0.4, -0.2) is 34.4 Å². The van der Waals surface area contributed by atoms with E-state index in [1.165, 1.54) is 10.4 Å². The Morgan fingerprint density at radius 1 is 1.39 bits per heavy atom. The zero-order chi connectivity index (χ0) is 16.0. The summed E-state index contributed by atoms with van der Waals surface area (Å²) in [6.07, 6.45) is 4.57. The monoisotopic (exact) mass is 344 g/mol. The molecule has 1 N–H and O–H groups in total. The Bertz CT molecular complexity index is 866. The van der Waals surface area contributed by atoms with Crippen molar-refractivity contribution in [2.24, 2.45) is 0 Å². The average Bonchev–Trinajstić information content (AvgIpc) is 3.06. The molecular formula is C16H16N4OS2. The lowest BCUT2D eigenvalue weighted by Crippen LogP contribution is -2.25. The Morgan fingerprint density at radius 2 is 2.26 bits per heavy atom. The van der Waals surface area contributed by atoms with E-state index in [1.807, 2.05) is 6.07 Å². The molecule has 0 fully saturated rings. The molecule has 0 bridgehead atoms. The molecule has 0 radical (unpaired) electrons. The molecule has 0 spiro atoms. The molecule has 7 heteroatoms. The van der Waals surface area contributed by atoms with Crippen molar-refractivity contribution in [2.45, 2.75) is 19.9 Å². The number of rotatable bonds is 2. The number of fused-ring (bicyclic) bond motifs is 2. The van der Waals surface area contributed by atoms with Gasteiger partial charge in [0.25, 0.3) is 0 Å². The minimum atomic E-state index is -0.0408. The quantitative estimate of drug-likeness (QED) is 0.774. The van der Waals surface area contributed by atoms with Gasteiger partial charge < -0.3 is 10.2 Å². The number of aromatic nitrogens is 2. The summed E-state index contributed by atoms with van der Waals surface area (Å²) in [4.78, 5) is 24.1. The minimum Gasteiger partial charge on any atom is -0.317 e. The van der Waals surface area contributed by atoms with Crippen molar-refractivity contribution < 1.29 is 4.79 Å². The zero-order valence-electron chi connectivity index (χ0n) is 12.9. The van der Waals surface area contributed by atoms with E-state index >= 15 is 0 Å². The highest BCUT2D eigenvalue weighted by molar-refractivity contribution is 7.22. The number of hydrogen-bond donors (Lipinski definition) is 1. The predicted octanol–water partition coefficient (Wildman–Crippen LogP) is 3.37. The average molecular weight is 344 g/mol. The molecule has 3 aromatic heterocycles. The molecule has 0 aromatic carbocycles. The summed E-state index contributed by atoms with van der Waals surface area (Å²) in [6, 6.07) is 1.99. The third-order valence-electron chi connectivity index (χ3n) is 3.94. The molecule has 4 rings (SSSR count). The SMILES string of the molecule is CC(=O)Nc1sc2c(c1-c1nc3cnccc3s1)CCN(C)C2. The van der Waals surface area contributed by atoms with Crippen molar-refractivity contribution in [2.75, 3.05) is 18.9 Å². The van der Waals surface area contributed by atoms with Crippen LogP contribution in [0.1, 0.15) is 17.4 Å². The van der Waals surface area contributed by atoms with Gasteiger partial charge in [-0.05, 0) is 25.1 Å². The first kappa shape index (κ1) is 14.7. The van der Waals surface area contributed by atoms with Crippen LogP contribution in [0.5, 0.6) is 0 Å². The second-order valence-corrected chi connectivity index (χ2v) is 7.88. The van der Waals surface area contributed by atoms with Crippen LogP contribution in [0.25, 0.3) is 20.8 Å². The first-order valence-electron chi connectivity index (χ1n) is 7.43. The number of hydrogen-bond acceptors (Lipinski definition) is 6. The third kappa shape index (κ3) is 2.65. The van der Waals surface area contributed by atoms with Gasteiger partial charge in [-0.3, -0.25) is 9.78 Å². The van der Waals surface area contributed by atoms with E-state index in [0.29, 0.717) is 0 Å². The number of nitrogens with zero attached hydrogens (tertiary/aromatic N) is 3. The van der Waals surface area contributed by atoms with Crippen LogP contribution in [0.3, 0.4) is 0 Å². The van der Waals surface area contributed by atoms with Crippen LogP contribution in [0.2, 0.25) is 0 Å². The van der Waals surface area contributed by atoms with Gasteiger partial charge in [0.2, 0.25) is 5.91 Å². The van der Waals surface area contributed by atoms with Gasteiger partial charge in [-0.1, -0.05) is 0 Å². The molecular weight excluding hydrogens is 328 g/mol. The first-order valence-corrected chi connectivity index (χ1v) is 9.06. The maximum absolute atomic E-state index is 11.6. The highest BCUT2D eigenvalue weighted by Gasteiger charge is 2.26. The Hall–Kier alpha value is -1.83. The van der Waals surface area contributed by atoms with Crippen LogP contribution >= 0.6 is 22.7 Å². The smallest absolute Gasteiger partial charge is 0.221 e. The fourth-order valence-corrected chi connectivity index (χ4v) is 5.34. The van der Waals surface area contributed by atoms with Crippen LogP contribution < -0.4 is 5.32 Å². The van der Waals surface area contributed by atoms with Crippen LogP contribution in [-0.2, 0) is 17.8 Å². The lowest BCUT2D eigenvalue weighted by atomic mass is 10.0. The van der Waals surface area contributed by atoms with Gasteiger partial charge in [-0.25, -0.2) is 4.98 Å². The molecule has 4 heterocycles. The molecule has 1 aliphatic heterocycles. The lowest BCUT2D eigenvalue weighted by Gasteiger charge is -2.22. The summed E-state index contributed by atoms with van der Waals surface area (Å²) >= 11 is 3.34. The van der Waals surface area contributed by atoms with Crippen LogP contribution in [0.4, 0.5) is 5.00 Å². The van der Waals surface area contributed by atoms with E-state index in [0.717, 1.165) is 45.3 Å². The maximum Gasteiger partial charge on any atom is 0.221 e. The summed E-state index contributed by atoms with van der Waals surface area (Å²) in [5, 5.41) is 4.89. The Labute approximate surface area is 142 Å². The Kier molecular flexibility index (Phi) is 3.63. The third-order valence-corrected chi connectivity index (χ3v) is 6.13. The number of anilines is 1. The van der Waals surface area contributed by atoms with Crippen molar-refractivity contribution >= 4 is 43.8 Å². The molecule has 1 amide bonds. The van der Waals surface area contributed by atoms with Crippen molar-refractivity contribution in [3.63, 3.8) is 0 Å². The zero-order valence-corrected chi connectivity index (χ0v) is 14.6. The number of carbonyl (C=O) groups excluding carboxylic acids is 1. The van der Waals surface area contributed by atoms with E-state index in [1.54, 1.807) is 42.0 Å². The summed E-state index contributed by atoms with van der Waals surface area (Å²) in [7, 11) is 2.13. The molecule has 23 heavy (non-hydrogen) atoms. The molecule has 0 aliphatic carbocycles. The summed E-state index contributed by atoms with van der Waals surface area (Å²) in [5.41, 5.74) is 3.35. The Morgan fingerprint density at radius 3 is 3.04 bits per heavy atom. The second kappa shape index (κ2) is 5.67. The number of pyridine rings is 1. The van der Waals surface area contributed by atoms with Crippen molar-refractivity contribution in [3.8, 4) is 10.6 Å². The van der Waals surface area contributed by atoms with E-state index in [4.69, 9.17) is 4.98 Å². The maximum atomic E-state index is 11.6. The van der Waals surface area contributed by atoms with E-state index in [-0.39, 0.29) is 5.91 Å². The van der Waals surface area contributed by atoms with Crippen LogP contribution in [0, 0.1) is 0 Å². The number of carbonyl (C=O) groups is 1. The largest absolute Gasteiger partial charge is 0.317 e. The Balaban J connectivity index is 1.89. The van der Waals surface area contributed by atoms with E-state index in [2.05, 4.69) is 22.2 Å². The van der Waals surface area contributed by atoms with Gasteiger partial charge in [0, 0.05) is 36.7 Å². The summed E-state index contributed by atoms with van der Waals surface area (Å²) in [6.45, 7) is 3.51. The molecule has 0 saturated carbocycles. The van der Waals surface area contributed by atoms with E-state index in [9.17, 15) is 4.79 Å². The molecule has 0 saturated heterocycles. The van der Waals surface area contributed by atoms with Gasteiger partial charge in [-0.2, -0.15) is 0 Å². The highest BCUT2D eigenvalue weighted by Crippen LogP contribution is 2.45. The minimum absolute atomic E-state index is 0.0408. The normalized spacial score (nSPS) is 14.9. The van der Waals surface area contributed by atoms with Crippen molar-refractivity contribution in [3.05, 3.63) is 28.9 Å². The number of likely N-dealkylation sites (N-methyl/N-ethyl adjacent to an activating group) is 1. The predicted molar refractivity (Wildman–Crippen MR) is 95.1 cm³/mol. The van der Waals surface area contributed by atoms with Crippen LogP contribution in [0.15, 0.2) is 18.5 Å². The molecule has 5 nitrogen and oxygen atoms in total. The van der Waals surface area contributed by atoms with Gasteiger partial charge in [0.05, 0.1) is 10.9 Å². The standard InChI is InChI=1S/C16H16N4OS2/c1-9(21)18-15-14(10-4-6-20(2)8-13(10)23-15)16-19-11-7-17-5-3-12(11)22-16/h3,5,7H,4,6,8H2,1-2H3,(H,18,21). The van der Waals surface area contributed by atoms with Gasteiger partial charge >= 0.3 is 0 Å². The van der Waals surface area contributed by atoms with Crippen molar-refractivity contribution in [1.82, 2.24) is 14.9 Å². The van der Waals surface area contributed by atoms with Gasteiger partial charge in [0.1, 0.15) is 15.5 Å². The number of amides is 1. The van der Waals surface area contributed by atoms with Crippen molar-refractivity contribution in [1.29, 1.82) is 0 Å². The molecule has 118 valence electrons. The molecule has 0 unspecified atom stereocenters. The van der Waals surface area contributed by atoms with Gasteiger partial charge in [0.15, 0.2) is 0 Å². The first-order chi connectivity index (χ1) is 11.1. The fourth-order valence-electron chi connectivity index (χ4n) is 2.89. The van der Waals surface area contributed by atoms with Gasteiger partial charge in [-0.15, -0.1) is 22.7 Å². The summed E-state index contributed by atoms with van der Waals surface area (Å²) < 4.78 is 1.12. The topological polar surface area (TPSA) is 58.1 Å². The molecule has 3 aromatic rings. The van der Waals surface area contributed by atoms with E-state index < -0.39 is 0 Å². The molecule has 1 aliphatic rings. The summed E-state index contributed by atoms with van der Waals surface area (Å²) in [5.74, 6) is -0.0408. The lowest BCUT2D eigenvalue weighted by molar-refractivity contribution is -0.114. The second-order valence-electron chi connectivity index (χ2n) is 5.74. The highest BCUT2D eigenvalue weighted by atomic mass is 32.1. The number of nitrogens with one attached hydrogen (secondary N) is 1. The fraction of sp³-hybridized carbons (Fsp3) is 0.312. The molecule has 0 atom stereocenters. The number of thiazole rings is 1. The number of thiophene rings is 1.